The van der Waals surface area contributed by atoms with Gasteiger partial charge in [0, 0.05) is 12.1 Å². The smallest absolute Gasteiger partial charge is 0.258 e. The minimum atomic E-state index is -3.87. The minimum absolute atomic E-state index is 0.00139. The summed E-state index contributed by atoms with van der Waals surface area (Å²) in [4.78, 5) is 35.5. The summed E-state index contributed by atoms with van der Waals surface area (Å²) in [6.07, 6.45) is 2.41. The van der Waals surface area contributed by atoms with Crippen molar-refractivity contribution in [2.24, 2.45) is 0 Å². The van der Waals surface area contributed by atoms with Crippen LogP contribution in [0.15, 0.2) is 56.3 Å². The van der Waals surface area contributed by atoms with Crippen LogP contribution in [0.5, 0.6) is 5.75 Å². The second-order valence-corrected chi connectivity index (χ2v) is 15.9. The predicted molar refractivity (Wildman–Crippen MR) is 145 cm³/mol. The average molecular weight is 581 g/mol. The van der Waals surface area contributed by atoms with E-state index in [1.165, 1.54) is 46.3 Å². The molecule has 0 bridgehead atoms. The van der Waals surface area contributed by atoms with Gasteiger partial charge < -0.3 is 14.7 Å². The summed E-state index contributed by atoms with van der Waals surface area (Å²) in [6.45, 7) is 9.21. The number of hydrogen-bond acceptors (Lipinski definition) is 9. The van der Waals surface area contributed by atoms with Crippen LogP contribution in [0.3, 0.4) is 0 Å². The Balaban J connectivity index is 0.000000216. The first kappa shape index (κ1) is 29.9. The molecule has 4 rings (SSSR count). The van der Waals surface area contributed by atoms with E-state index in [1.807, 2.05) is 0 Å². The van der Waals surface area contributed by atoms with Crippen molar-refractivity contribution < 1.29 is 26.0 Å². The van der Waals surface area contributed by atoms with Crippen LogP contribution < -0.4 is 15.9 Å². The molecule has 2 aromatic carbocycles. The second kappa shape index (κ2) is 10.2. The lowest BCUT2D eigenvalue weighted by atomic mass is 10.2. The summed E-state index contributed by atoms with van der Waals surface area (Å²) in [6, 6.07) is 4.78. The number of nitrogens with one attached hydrogen (secondary N) is 2. The van der Waals surface area contributed by atoms with E-state index < -0.39 is 45.4 Å². The molecule has 14 heteroatoms. The molecule has 0 aliphatic heterocycles. The summed E-state index contributed by atoms with van der Waals surface area (Å²) in [5.74, 6) is -0.717. The largest absolute Gasteiger partial charge is 0.495 e. The Bertz CT molecular complexity index is 1900. The lowest BCUT2D eigenvalue weighted by molar-refractivity contribution is 0.402. The summed E-state index contributed by atoms with van der Waals surface area (Å²) >= 11 is 0. The number of H-pyrrole nitrogens is 2. The third-order valence-corrected chi connectivity index (χ3v) is 10.8. The number of rotatable bonds is 3. The van der Waals surface area contributed by atoms with Crippen molar-refractivity contribution >= 4 is 41.5 Å². The van der Waals surface area contributed by atoms with Crippen molar-refractivity contribution in [1.29, 1.82) is 0 Å². The van der Waals surface area contributed by atoms with Gasteiger partial charge in [-0.2, -0.15) is 0 Å². The fraction of sp³-hybridized carbons (Fsp3) is 0.360. The van der Waals surface area contributed by atoms with Gasteiger partial charge in [-0.05, 0) is 53.7 Å². The monoisotopic (exact) mass is 580 g/mol. The molecule has 210 valence electrons. The number of benzene rings is 2. The van der Waals surface area contributed by atoms with E-state index in [-0.39, 0.29) is 32.5 Å². The predicted octanol–water partition coefficient (Wildman–Crippen LogP) is 3.14. The molecule has 0 fully saturated rings. The molecule has 0 amide bonds. The molecule has 0 radical (unpaired) electrons. The molecule has 39 heavy (non-hydrogen) atoms. The molecule has 0 unspecified atom stereocenters. The number of nitrogens with zero attached hydrogens (tertiary/aromatic N) is 2. The third kappa shape index (κ3) is 5.57. The van der Waals surface area contributed by atoms with Crippen molar-refractivity contribution in [2.75, 3.05) is 7.11 Å². The summed E-state index contributed by atoms with van der Waals surface area (Å²) < 4.78 is 66.6. The van der Waals surface area contributed by atoms with Crippen molar-refractivity contribution in [3.63, 3.8) is 0 Å². The highest BCUT2D eigenvalue weighted by Gasteiger charge is 2.35. The van der Waals surface area contributed by atoms with Gasteiger partial charge in [-0.25, -0.2) is 31.2 Å². The first-order chi connectivity index (χ1) is 17.8. The van der Waals surface area contributed by atoms with Crippen molar-refractivity contribution in [3.05, 3.63) is 63.4 Å². The molecule has 0 spiro atoms. The van der Waals surface area contributed by atoms with Gasteiger partial charge in [0.2, 0.25) is 0 Å². The third-order valence-electron chi connectivity index (χ3n) is 5.81. The lowest BCUT2D eigenvalue weighted by Crippen LogP contribution is -2.29. The van der Waals surface area contributed by atoms with E-state index in [0.29, 0.717) is 5.52 Å². The van der Waals surface area contributed by atoms with Crippen molar-refractivity contribution in [3.8, 4) is 5.75 Å². The molecule has 0 aliphatic carbocycles. The Morgan fingerprint density at radius 3 is 1.56 bits per heavy atom. The topological polar surface area (TPSA) is 169 Å². The second-order valence-electron chi connectivity index (χ2n) is 10.5. The number of halogens is 1. The van der Waals surface area contributed by atoms with Crippen LogP contribution >= 0.6 is 0 Å². The number of sulfone groups is 2. The average Bonchev–Trinajstić information content (AvgIpc) is 2.82. The molecule has 11 nitrogen and oxygen atoms in total. The molecule has 2 N–H and O–H groups in total. The van der Waals surface area contributed by atoms with Gasteiger partial charge in [0.05, 0.1) is 51.1 Å². The Labute approximate surface area is 224 Å². The maximum Gasteiger partial charge on any atom is 0.258 e. The number of ether oxygens (including phenoxy) is 1. The van der Waals surface area contributed by atoms with Crippen LogP contribution in [-0.2, 0) is 19.7 Å². The van der Waals surface area contributed by atoms with Gasteiger partial charge in [0.25, 0.3) is 11.1 Å². The van der Waals surface area contributed by atoms with Gasteiger partial charge in [0.1, 0.15) is 21.4 Å². The molecule has 0 saturated carbocycles. The van der Waals surface area contributed by atoms with E-state index in [0.717, 1.165) is 18.5 Å². The zero-order valence-corrected chi connectivity index (χ0v) is 24.0. The van der Waals surface area contributed by atoms with Gasteiger partial charge >= 0.3 is 0 Å². The summed E-state index contributed by atoms with van der Waals surface area (Å²) in [7, 11) is -6.12. The van der Waals surface area contributed by atoms with Crippen LogP contribution in [0.4, 0.5) is 4.39 Å². The van der Waals surface area contributed by atoms with E-state index in [2.05, 4.69) is 19.9 Å². The van der Waals surface area contributed by atoms with Crippen LogP contribution in [0.2, 0.25) is 0 Å². The van der Waals surface area contributed by atoms with Crippen LogP contribution in [-0.4, -0.2) is 53.4 Å². The molecule has 2 aromatic heterocycles. The molecule has 0 aliphatic rings. The summed E-state index contributed by atoms with van der Waals surface area (Å²) in [5, 5.41) is 0.267. The molecule has 2 heterocycles. The zero-order chi connectivity index (χ0) is 29.6. The number of aromatic amines is 2. The quantitative estimate of drug-likeness (QED) is 0.370. The molecule has 0 saturated heterocycles. The number of aromatic nitrogens is 4. The SMILES string of the molecule is CC(C)(C)S(=O)(=O)c1cc2c(=O)[nH]cnc2cc1F.COc1cc2nc[nH]c(=O)c2cc1S(=O)(=O)C(C)(C)C. The fourth-order valence-electron chi connectivity index (χ4n) is 3.38. The number of methoxy groups -OCH3 is 1. The number of fused-ring (bicyclic) bond motifs is 2. The van der Waals surface area contributed by atoms with Gasteiger partial charge in [-0.15, -0.1) is 0 Å². The Morgan fingerprint density at radius 2 is 1.13 bits per heavy atom. The summed E-state index contributed by atoms with van der Waals surface area (Å²) in [5.41, 5.74) is -0.383. The van der Waals surface area contributed by atoms with Gasteiger partial charge in [-0.3, -0.25) is 9.59 Å². The number of hydrogen-bond donors (Lipinski definition) is 2. The first-order valence-corrected chi connectivity index (χ1v) is 14.5. The Kier molecular flexibility index (Phi) is 7.78. The highest BCUT2D eigenvalue weighted by Crippen LogP contribution is 2.34. The van der Waals surface area contributed by atoms with Crippen molar-refractivity contribution in [1.82, 2.24) is 19.9 Å². The zero-order valence-electron chi connectivity index (χ0n) is 22.4. The van der Waals surface area contributed by atoms with E-state index in [9.17, 15) is 30.8 Å². The maximum atomic E-state index is 13.9. The Morgan fingerprint density at radius 1 is 0.718 bits per heavy atom. The standard InChI is InChI=1S/C13H16N2O4S.C12H13FN2O3S/c1-13(2,3)20(17,18)11-5-8-9(6-10(11)19-4)14-7-15-12(8)16;1-12(2,3)19(17,18)10-4-7-9(5-8(10)13)14-6-15-11(7)16/h5-7H,1-4H3,(H,14,15,16);4-6H,1-3H3,(H,14,15,16). The Hall–Kier alpha value is -3.65. The molecular formula is C25H29FN4O7S2. The fourth-order valence-corrected chi connectivity index (χ4v) is 5.97. The van der Waals surface area contributed by atoms with Crippen LogP contribution in [0.25, 0.3) is 21.8 Å². The van der Waals surface area contributed by atoms with E-state index >= 15 is 0 Å². The minimum Gasteiger partial charge on any atom is -0.495 e. The highest BCUT2D eigenvalue weighted by molar-refractivity contribution is 7.93. The molecule has 4 aromatic rings. The first-order valence-electron chi connectivity index (χ1n) is 11.5. The van der Waals surface area contributed by atoms with Gasteiger partial charge in [0.15, 0.2) is 19.7 Å². The van der Waals surface area contributed by atoms with Crippen LogP contribution in [0, 0.1) is 5.82 Å². The lowest BCUT2D eigenvalue weighted by Gasteiger charge is -2.21. The van der Waals surface area contributed by atoms with Crippen LogP contribution in [0.1, 0.15) is 41.5 Å². The van der Waals surface area contributed by atoms with E-state index in [4.69, 9.17) is 4.74 Å². The maximum absolute atomic E-state index is 13.9. The molecule has 0 atom stereocenters. The van der Waals surface area contributed by atoms with Crippen molar-refractivity contribution in [2.45, 2.75) is 60.8 Å². The normalized spacial score (nSPS) is 12.7. The van der Waals surface area contributed by atoms with Gasteiger partial charge in [-0.1, -0.05) is 0 Å². The molecular weight excluding hydrogens is 551 g/mol. The highest BCUT2D eigenvalue weighted by atomic mass is 32.2. The van der Waals surface area contributed by atoms with E-state index in [1.54, 1.807) is 20.8 Å².